The molecule has 4 heterocycles. The van der Waals surface area contributed by atoms with Crippen LogP contribution in [0.25, 0.3) is 98.6 Å². The lowest BCUT2D eigenvalue weighted by atomic mass is 10.0. The van der Waals surface area contributed by atoms with Crippen molar-refractivity contribution >= 4 is 71.2 Å². The third-order valence-corrected chi connectivity index (χ3v) is 10.9. The molecule has 4 aromatic heterocycles. The van der Waals surface area contributed by atoms with E-state index in [1.54, 1.807) is 0 Å². The van der Waals surface area contributed by atoms with Gasteiger partial charge >= 0.3 is 0 Å². The molecule has 0 unspecified atom stereocenters. The van der Waals surface area contributed by atoms with Gasteiger partial charge < -0.3 is 13.7 Å². The fourth-order valence-corrected chi connectivity index (χ4v) is 8.61. The average molecular weight is 701 g/mol. The summed E-state index contributed by atoms with van der Waals surface area (Å²) in [5.74, 6) is 0. The first-order chi connectivity index (χ1) is 27.2. The Morgan fingerprint density at radius 1 is 0.473 bits per heavy atom. The minimum Gasteiger partial charge on any atom is -0.310 e. The number of para-hydroxylation sites is 3. The van der Waals surface area contributed by atoms with Crippen molar-refractivity contribution in [3.63, 3.8) is 0 Å². The van der Waals surface area contributed by atoms with E-state index in [1.165, 1.54) is 10.8 Å². The topological polar surface area (TPSA) is 55.8 Å². The summed E-state index contributed by atoms with van der Waals surface area (Å²) in [6.07, 6.45) is 1.88. The van der Waals surface area contributed by atoms with Crippen LogP contribution in [-0.2, 0) is 0 Å². The predicted molar refractivity (Wildman–Crippen MR) is 224 cm³/mol. The highest BCUT2D eigenvalue weighted by Crippen LogP contribution is 2.42. The van der Waals surface area contributed by atoms with Gasteiger partial charge in [0.15, 0.2) is 5.69 Å². The van der Waals surface area contributed by atoms with Gasteiger partial charge in [-0.3, -0.25) is 4.98 Å². The molecular weight excluding hydrogens is 673 g/mol. The van der Waals surface area contributed by atoms with Crippen LogP contribution in [0.1, 0.15) is 5.56 Å². The van der Waals surface area contributed by atoms with Gasteiger partial charge in [0.25, 0.3) is 0 Å². The highest BCUT2D eigenvalue weighted by Gasteiger charge is 2.21. The summed E-state index contributed by atoms with van der Waals surface area (Å²) in [6, 6.07) is 58.7. The largest absolute Gasteiger partial charge is 0.310 e. The van der Waals surface area contributed by atoms with Crippen molar-refractivity contribution in [1.82, 2.24) is 18.7 Å². The summed E-state index contributed by atoms with van der Waals surface area (Å²) in [6.45, 7) is 8.09. The van der Waals surface area contributed by atoms with Crippen LogP contribution in [0.4, 0.5) is 5.69 Å². The molecule has 0 saturated heterocycles. The first kappa shape index (κ1) is 30.7. The van der Waals surface area contributed by atoms with Crippen LogP contribution in [0.15, 0.2) is 170 Å². The molecule has 7 aromatic carbocycles. The van der Waals surface area contributed by atoms with E-state index in [2.05, 4.69) is 140 Å². The van der Waals surface area contributed by atoms with Gasteiger partial charge in [0, 0.05) is 50.2 Å². The summed E-state index contributed by atoms with van der Waals surface area (Å²) in [7, 11) is 0. The summed E-state index contributed by atoms with van der Waals surface area (Å²) in [4.78, 5) is 8.94. The van der Waals surface area contributed by atoms with Crippen LogP contribution in [0.3, 0.4) is 0 Å². The summed E-state index contributed by atoms with van der Waals surface area (Å²) < 4.78 is 6.86. The second-order valence-electron chi connectivity index (χ2n) is 13.8. The molecule has 6 heteroatoms. The van der Waals surface area contributed by atoms with Gasteiger partial charge in [0.1, 0.15) is 0 Å². The van der Waals surface area contributed by atoms with E-state index in [-0.39, 0.29) is 0 Å². The molecule has 0 atom stereocenters. The first-order valence-corrected chi connectivity index (χ1v) is 18.1. The number of rotatable bonds is 4. The number of fused-ring (bicyclic) bond motifs is 10. The van der Waals surface area contributed by atoms with Gasteiger partial charge in [-0.15, -0.1) is 0 Å². The van der Waals surface area contributed by atoms with Gasteiger partial charge in [-0.2, -0.15) is 5.26 Å². The van der Waals surface area contributed by atoms with Crippen LogP contribution in [0.5, 0.6) is 0 Å². The van der Waals surface area contributed by atoms with E-state index in [9.17, 15) is 5.26 Å². The zero-order valence-corrected chi connectivity index (χ0v) is 29.3. The first-order valence-electron chi connectivity index (χ1n) is 18.1. The molecule has 0 spiro atoms. The monoisotopic (exact) mass is 700 g/mol. The van der Waals surface area contributed by atoms with Gasteiger partial charge in [0.05, 0.1) is 56.8 Å². The molecule has 0 saturated carbocycles. The zero-order chi connectivity index (χ0) is 36.6. The maximum Gasteiger partial charge on any atom is 0.189 e. The lowest BCUT2D eigenvalue weighted by Gasteiger charge is -2.13. The van der Waals surface area contributed by atoms with Gasteiger partial charge in [-0.25, -0.2) is 4.85 Å². The van der Waals surface area contributed by atoms with E-state index in [0.29, 0.717) is 11.3 Å². The predicted octanol–water partition coefficient (Wildman–Crippen LogP) is 12.5. The number of benzene rings is 7. The molecule has 6 nitrogen and oxygen atoms in total. The molecule has 0 radical (unpaired) electrons. The van der Waals surface area contributed by atoms with Gasteiger partial charge in [-0.1, -0.05) is 66.7 Å². The second kappa shape index (κ2) is 11.8. The fraction of sp³-hybridized carbons (Fsp3) is 0. The fourth-order valence-electron chi connectivity index (χ4n) is 8.61. The molecule has 11 rings (SSSR count). The Hall–Kier alpha value is -7.93. The summed E-state index contributed by atoms with van der Waals surface area (Å²) in [5, 5.41) is 15.2. The molecule has 0 fully saturated rings. The Balaban J connectivity index is 1.14. The number of pyridine rings is 1. The number of hydrogen-bond acceptors (Lipinski definition) is 2. The van der Waals surface area contributed by atoms with E-state index < -0.39 is 0 Å². The Morgan fingerprint density at radius 2 is 1.11 bits per heavy atom. The quantitative estimate of drug-likeness (QED) is 0.172. The Bertz CT molecular complexity index is 3460. The smallest absolute Gasteiger partial charge is 0.189 e. The van der Waals surface area contributed by atoms with Crippen LogP contribution in [0.2, 0.25) is 0 Å². The van der Waals surface area contributed by atoms with Crippen LogP contribution < -0.4 is 0 Å². The molecule has 0 aliphatic carbocycles. The second-order valence-corrected chi connectivity index (χ2v) is 13.8. The molecule has 0 aliphatic rings. The Labute approximate surface area is 315 Å². The maximum absolute atomic E-state index is 9.67. The van der Waals surface area contributed by atoms with Crippen molar-refractivity contribution in [2.24, 2.45) is 0 Å². The molecule has 254 valence electrons. The standard InChI is InChI=1S/C49H28N6/c1-51-34-26-33(28-37(29-34)55-41-17-7-5-15-38(41)40-25-31(30-50)20-21-43(40)55)32-11-9-14-36(27-32)54-45-23-22-44-47(48(45)49-46(54)19-10-24-52-49)39-16-6-8-18-42(39)53(44)35-12-3-2-4-13-35/h2-29H. The van der Waals surface area contributed by atoms with E-state index >= 15 is 0 Å². The number of nitrogens with zero attached hydrogens (tertiary/aromatic N) is 6. The lowest BCUT2D eigenvalue weighted by molar-refractivity contribution is 1.17. The third-order valence-electron chi connectivity index (χ3n) is 10.9. The van der Waals surface area contributed by atoms with Crippen LogP contribution >= 0.6 is 0 Å². The summed E-state index contributed by atoms with van der Waals surface area (Å²) >= 11 is 0. The minimum absolute atomic E-state index is 0.552. The molecule has 0 N–H and O–H groups in total. The zero-order valence-electron chi connectivity index (χ0n) is 29.3. The highest BCUT2D eigenvalue weighted by atomic mass is 15.0. The van der Waals surface area contributed by atoms with E-state index in [4.69, 9.17) is 11.6 Å². The van der Waals surface area contributed by atoms with Gasteiger partial charge in [0.2, 0.25) is 0 Å². The van der Waals surface area contributed by atoms with Crippen molar-refractivity contribution in [2.45, 2.75) is 0 Å². The molecule has 11 aromatic rings. The average Bonchev–Trinajstić information content (AvgIpc) is 3.89. The molecule has 55 heavy (non-hydrogen) atoms. The van der Waals surface area contributed by atoms with Crippen molar-refractivity contribution in [3.8, 4) is 34.3 Å². The van der Waals surface area contributed by atoms with Crippen molar-refractivity contribution in [3.05, 3.63) is 187 Å². The lowest BCUT2D eigenvalue weighted by Crippen LogP contribution is -1.96. The number of aromatic nitrogens is 4. The minimum atomic E-state index is 0.552. The van der Waals surface area contributed by atoms with Crippen molar-refractivity contribution in [1.29, 1.82) is 5.26 Å². The number of nitriles is 1. The van der Waals surface area contributed by atoms with E-state index in [1.807, 2.05) is 54.7 Å². The summed E-state index contributed by atoms with van der Waals surface area (Å²) in [5.41, 5.74) is 13.5. The third kappa shape index (κ3) is 4.50. The Kier molecular flexibility index (Phi) is 6.58. The molecule has 0 aliphatic heterocycles. The molecule has 0 amide bonds. The highest BCUT2D eigenvalue weighted by molar-refractivity contribution is 6.28. The SMILES string of the molecule is [C-]#[N+]c1cc(-c2cccc(-n3c4cccnc4c4c5c6ccccc6n(-c6ccccc6)c5ccc43)c2)cc(-n2c3ccccc3c3cc(C#N)ccc32)c1. The van der Waals surface area contributed by atoms with Crippen LogP contribution in [-0.4, -0.2) is 18.7 Å². The van der Waals surface area contributed by atoms with Crippen LogP contribution in [0, 0.1) is 17.9 Å². The maximum atomic E-state index is 9.67. The van der Waals surface area contributed by atoms with Crippen molar-refractivity contribution < 1.29 is 0 Å². The number of hydrogen-bond donors (Lipinski definition) is 0. The molecule has 0 bridgehead atoms. The molecular formula is C49H28N6. The van der Waals surface area contributed by atoms with Crippen molar-refractivity contribution in [2.75, 3.05) is 0 Å². The van der Waals surface area contributed by atoms with Gasteiger partial charge in [-0.05, 0) is 108 Å². The van der Waals surface area contributed by atoms with E-state index in [0.717, 1.165) is 83.0 Å². The normalized spacial score (nSPS) is 11.6. The Morgan fingerprint density at radius 3 is 1.93 bits per heavy atom.